The van der Waals surface area contributed by atoms with Gasteiger partial charge in [-0.1, -0.05) is 13.3 Å². The van der Waals surface area contributed by atoms with Gasteiger partial charge in [-0.05, 0) is 39.0 Å². The average Bonchev–Trinajstić information content (AvgIpc) is 2.39. The van der Waals surface area contributed by atoms with Gasteiger partial charge in [0.05, 0.1) is 5.92 Å². The minimum Gasteiger partial charge on any atom is -0.481 e. The van der Waals surface area contributed by atoms with Crippen molar-refractivity contribution in [2.45, 2.75) is 52.4 Å². The molecule has 4 heteroatoms. The molecule has 1 rings (SSSR count). The summed E-state index contributed by atoms with van der Waals surface area (Å²) in [4.78, 5) is 25.1. The molecule has 1 saturated carbocycles. The summed E-state index contributed by atoms with van der Waals surface area (Å²) in [5.74, 6) is -0.661. The third kappa shape index (κ3) is 4.00. The maximum atomic E-state index is 12.3. The van der Waals surface area contributed by atoms with E-state index >= 15 is 0 Å². The van der Waals surface area contributed by atoms with E-state index in [-0.39, 0.29) is 17.7 Å². The Morgan fingerprint density at radius 1 is 1.11 bits per heavy atom. The number of carboxylic acid groups (broad SMARTS) is 1. The Kier molecular flexibility index (Phi) is 6.16. The summed E-state index contributed by atoms with van der Waals surface area (Å²) < 4.78 is 0. The first-order valence-corrected chi connectivity index (χ1v) is 7.11. The third-order valence-corrected chi connectivity index (χ3v) is 3.90. The number of hydrogen-bond donors (Lipinski definition) is 1. The molecular weight excluding hydrogens is 230 g/mol. The summed E-state index contributed by atoms with van der Waals surface area (Å²) in [5.41, 5.74) is 0. The standard InChI is InChI=1S/C14H25NO3/c1-3-5-10-15(4-2)13(16)11-6-8-12(9-7-11)14(17)18/h11-12H,3-10H2,1-2H3,(H,17,18). The second kappa shape index (κ2) is 7.39. The van der Waals surface area contributed by atoms with E-state index in [1.807, 2.05) is 11.8 Å². The summed E-state index contributed by atoms with van der Waals surface area (Å²) in [6.45, 7) is 5.73. The Bertz CT molecular complexity index is 283. The number of carbonyl (C=O) groups excluding carboxylic acids is 1. The van der Waals surface area contributed by atoms with Crippen LogP contribution in [-0.4, -0.2) is 35.0 Å². The lowest BCUT2D eigenvalue weighted by molar-refractivity contribution is -0.145. The second-order valence-corrected chi connectivity index (χ2v) is 5.16. The topological polar surface area (TPSA) is 57.6 Å². The Hall–Kier alpha value is -1.06. The van der Waals surface area contributed by atoms with Crippen molar-refractivity contribution in [3.63, 3.8) is 0 Å². The normalized spacial score (nSPS) is 23.7. The summed E-state index contributed by atoms with van der Waals surface area (Å²) in [6.07, 6.45) is 4.91. The number of unbranched alkanes of at least 4 members (excludes halogenated alkanes) is 1. The van der Waals surface area contributed by atoms with Gasteiger partial charge in [0, 0.05) is 19.0 Å². The Balaban J connectivity index is 2.45. The summed E-state index contributed by atoms with van der Waals surface area (Å²) in [5, 5.41) is 8.94. The molecule has 0 saturated heterocycles. The van der Waals surface area contributed by atoms with Crippen LogP contribution >= 0.6 is 0 Å². The van der Waals surface area contributed by atoms with E-state index in [2.05, 4.69) is 6.92 Å². The van der Waals surface area contributed by atoms with Crippen molar-refractivity contribution in [1.29, 1.82) is 0 Å². The van der Waals surface area contributed by atoms with Crippen LogP contribution in [0.1, 0.15) is 52.4 Å². The highest BCUT2D eigenvalue weighted by atomic mass is 16.4. The molecule has 0 spiro atoms. The number of amides is 1. The number of carbonyl (C=O) groups is 2. The largest absolute Gasteiger partial charge is 0.481 e. The molecule has 104 valence electrons. The first-order chi connectivity index (χ1) is 8.60. The first-order valence-electron chi connectivity index (χ1n) is 7.11. The number of rotatable bonds is 6. The van der Waals surface area contributed by atoms with Crippen LogP contribution in [0.5, 0.6) is 0 Å². The molecule has 0 aromatic heterocycles. The van der Waals surface area contributed by atoms with E-state index in [0.717, 1.165) is 38.8 Å². The van der Waals surface area contributed by atoms with Gasteiger partial charge in [-0.15, -0.1) is 0 Å². The molecule has 0 radical (unpaired) electrons. The van der Waals surface area contributed by atoms with Crippen molar-refractivity contribution in [2.75, 3.05) is 13.1 Å². The van der Waals surface area contributed by atoms with Crippen LogP contribution in [0, 0.1) is 11.8 Å². The van der Waals surface area contributed by atoms with Crippen molar-refractivity contribution in [3.8, 4) is 0 Å². The van der Waals surface area contributed by atoms with E-state index in [4.69, 9.17) is 5.11 Å². The van der Waals surface area contributed by atoms with Gasteiger partial charge in [-0.2, -0.15) is 0 Å². The Morgan fingerprint density at radius 3 is 2.11 bits per heavy atom. The lowest BCUT2D eigenvalue weighted by atomic mass is 9.81. The third-order valence-electron chi connectivity index (χ3n) is 3.90. The van der Waals surface area contributed by atoms with E-state index < -0.39 is 5.97 Å². The summed E-state index contributed by atoms with van der Waals surface area (Å²) >= 11 is 0. The second-order valence-electron chi connectivity index (χ2n) is 5.16. The van der Waals surface area contributed by atoms with Gasteiger partial charge < -0.3 is 10.0 Å². The number of hydrogen-bond acceptors (Lipinski definition) is 2. The SMILES string of the molecule is CCCCN(CC)C(=O)C1CCC(C(=O)O)CC1. The van der Waals surface area contributed by atoms with Gasteiger partial charge in [-0.3, -0.25) is 9.59 Å². The molecule has 0 heterocycles. The molecule has 1 aliphatic rings. The van der Waals surface area contributed by atoms with Gasteiger partial charge in [0.1, 0.15) is 0 Å². The number of aliphatic carboxylic acids is 1. The maximum absolute atomic E-state index is 12.3. The highest BCUT2D eigenvalue weighted by Gasteiger charge is 2.31. The summed E-state index contributed by atoms with van der Waals surface area (Å²) in [6, 6.07) is 0. The molecule has 0 bridgehead atoms. The van der Waals surface area contributed by atoms with E-state index in [0.29, 0.717) is 12.8 Å². The molecule has 0 atom stereocenters. The quantitative estimate of drug-likeness (QED) is 0.793. The van der Waals surface area contributed by atoms with Gasteiger partial charge in [-0.25, -0.2) is 0 Å². The predicted octanol–water partition coefficient (Wildman–Crippen LogP) is 2.53. The highest BCUT2D eigenvalue weighted by molar-refractivity contribution is 5.79. The molecule has 4 nitrogen and oxygen atoms in total. The van der Waals surface area contributed by atoms with Gasteiger partial charge in [0.25, 0.3) is 0 Å². The zero-order chi connectivity index (χ0) is 13.5. The maximum Gasteiger partial charge on any atom is 0.306 e. The molecule has 1 amide bonds. The highest BCUT2D eigenvalue weighted by Crippen LogP contribution is 2.30. The molecule has 0 aromatic carbocycles. The summed E-state index contributed by atoms with van der Waals surface area (Å²) in [7, 11) is 0. The van der Waals surface area contributed by atoms with Crippen molar-refractivity contribution in [3.05, 3.63) is 0 Å². The fourth-order valence-corrected chi connectivity index (χ4v) is 2.62. The first kappa shape index (κ1) is 15.0. The van der Waals surface area contributed by atoms with Crippen molar-refractivity contribution < 1.29 is 14.7 Å². The fourth-order valence-electron chi connectivity index (χ4n) is 2.62. The predicted molar refractivity (Wildman–Crippen MR) is 70.2 cm³/mol. The minimum atomic E-state index is -0.709. The van der Waals surface area contributed by atoms with Crippen LogP contribution in [-0.2, 0) is 9.59 Å². The van der Waals surface area contributed by atoms with Gasteiger partial charge in [0.15, 0.2) is 0 Å². The van der Waals surface area contributed by atoms with Crippen LogP contribution in [0.25, 0.3) is 0 Å². The van der Waals surface area contributed by atoms with Crippen LogP contribution in [0.15, 0.2) is 0 Å². The molecule has 18 heavy (non-hydrogen) atoms. The molecule has 0 aliphatic heterocycles. The molecule has 1 N–H and O–H groups in total. The lowest BCUT2D eigenvalue weighted by Gasteiger charge is -2.30. The van der Waals surface area contributed by atoms with Crippen LogP contribution in [0.2, 0.25) is 0 Å². The smallest absolute Gasteiger partial charge is 0.306 e. The Morgan fingerprint density at radius 2 is 1.67 bits per heavy atom. The van der Waals surface area contributed by atoms with E-state index in [9.17, 15) is 9.59 Å². The van der Waals surface area contributed by atoms with Crippen molar-refractivity contribution >= 4 is 11.9 Å². The minimum absolute atomic E-state index is 0.0532. The number of nitrogens with zero attached hydrogens (tertiary/aromatic N) is 1. The molecule has 1 aliphatic carbocycles. The van der Waals surface area contributed by atoms with Crippen LogP contribution < -0.4 is 0 Å². The van der Waals surface area contributed by atoms with Gasteiger partial charge in [0.2, 0.25) is 5.91 Å². The van der Waals surface area contributed by atoms with Crippen LogP contribution in [0.3, 0.4) is 0 Å². The van der Waals surface area contributed by atoms with Crippen LogP contribution in [0.4, 0.5) is 0 Å². The zero-order valence-electron chi connectivity index (χ0n) is 11.5. The van der Waals surface area contributed by atoms with E-state index in [1.165, 1.54) is 0 Å². The van der Waals surface area contributed by atoms with Gasteiger partial charge >= 0.3 is 5.97 Å². The Labute approximate surface area is 109 Å². The zero-order valence-corrected chi connectivity index (χ0v) is 11.5. The molecular formula is C14H25NO3. The van der Waals surface area contributed by atoms with E-state index in [1.54, 1.807) is 0 Å². The van der Waals surface area contributed by atoms with Crippen molar-refractivity contribution in [2.24, 2.45) is 11.8 Å². The monoisotopic (exact) mass is 255 g/mol. The molecule has 1 fully saturated rings. The average molecular weight is 255 g/mol. The fraction of sp³-hybridized carbons (Fsp3) is 0.857. The van der Waals surface area contributed by atoms with Crippen molar-refractivity contribution in [1.82, 2.24) is 4.90 Å². The number of carboxylic acids is 1. The molecule has 0 unspecified atom stereocenters. The molecule has 0 aromatic rings. The lowest BCUT2D eigenvalue weighted by Crippen LogP contribution is -2.38.